The zero-order valence-electron chi connectivity index (χ0n) is 6.74. The van der Waals surface area contributed by atoms with Crippen molar-refractivity contribution in [3.63, 3.8) is 0 Å². The maximum atomic E-state index is 10.6. The highest BCUT2D eigenvalue weighted by Gasteiger charge is 2.25. The van der Waals surface area contributed by atoms with Gasteiger partial charge in [0, 0.05) is 18.8 Å². The van der Waals surface area contributed by atoms with Gasteiger partial charge in [0.15, 0.2) is 5.85 Å². The van der Waals surface area contributed by atoms with Crippen LogP contribution in [0.15, 0.2) is 24.5 Å². The first-order chi connectivity index (χ1) is 6.00. The maximum absolute atomic E-state index is 10.6. The first-order valence-corrected chi connectivity index (χ1v) is 5.30. The highest BCUT2D eigenvalue weighted by molar-refractivity contribution is 7.52. The Labute approximate surface area is 75.2 Å². The van der Waals surface area contributed by atoms with Crippen LogP contribution in [0.3, 0.4) is 0 Å². The van der Waals surface area contributed by atoms with Crippen LogP contribution < -0.4 is 0 Å². The summed E-state index contributed by atoms with van der Waals surface area (Å²) in [7, 11) is -4.39. The van der Waals surface area contributed by atoms with Gasteiger partial charge in [-0.25, -0.2) is 0 Å². The van der Waals surface area contributed by atoms with Gasteiger partial charge in [-0.2, -0.15) is 0 Å². The minimum absolute atomic E-state index is 0.0852. The first-order valence-electron chi connectivity index (χ1n) is 3.62. The van der Waals surface area contributed by atoms with Gasteiger partial charge in [-0.05, 0) is 11.6 Å². The molecule has 0 aromatic carbocycles. The Morgan fingerprint density at radius 1 is 1.54 bits per heavy atom. The van der Waals surface area contributed by atoms with Crippen molar-refractivity contribution in [2.75, 3.05) is 0 Å². The minimum atomic E-state index is -4.39. The molecule has 3 N–H and O–H groups in total. The molecule has 1 unspecified atom stereocenters. The molecular formula is C7H10NO4P. The van der Waals surface area contributed by atoms with Crippen LogP contribution in [-0.4, -0.2) is 25.7 Å². The summed E-state index contributed by atoms with van der Waals surface area (Å²) >= 11 is 0. The molecule has 0 aliphatic carbocycles. The molecule has 1 heterocycles. The number of rotatable bonds is 3. The standard InChI is InChI=1S/C7H10NO4P/c9-7(13(10,11)12)4-6-2-1-3-8-5-6/h1-3,5,7,9H,4H2,(H2,10,11,12). The van der Waals surface area contributed by atoms with Crippen LogP contribution in [0.5, 0.6) is 0 Å². The van der Waals surface area contributed by atoms with Gasteiger partial charge in [-0.1, -0.05) is 6.07 Å². The van der Waals surface area contributed by atoms with Gasteiger partial charge in [0.1, 0.15) is 0 Å². The zero-order valence-corrected chi connectivity index (χ0v) is 7.63. The molecule has 0 spiro atoms. The molecular weight excluding hydrogens is 193 g/mol. The summed E-state index contributed by atoms with van der Waals surface area (Å²) in [5.74, 6) is -1.64. The molecule has 5 nitrogen and oxygen atoms in total. The van der Waals surface area contributed by atoms with Gasteiger partial charge in [-0.15, -0.1) is 0 Å². The Bertz CT molecular complexity index is 310. The van der Waals surface area contributed by atoms with E-state index in [0.717, 1.165) is 0 Å². The molecule has 13 heavy (non-hydrogen) atoms. The Balaban J connectivity index is 2.66. The molecule has 1 rings (SSSR count). The van der Waals surface area contributed by atoms with E-state index in [1.54, 1.807) is 18.3 Å². The summed E-state index contributed by atoms with van der Waals surface area (Å²) in [5.41, 5.74) is 0.596. The van der Waals surface area contributed by atoms with Crippen molar-refractivity contribution in [3.8, 4) is 0 Å². The van der Waals surface area contributed by atoms with Crippen molar-refractivity contribution in [3.05, 3.63) is 30.1 Å². The van der Waals surface area contributed by atoms with Crippen LogP contribution in [0.1, 0.15) is 5.56 Å². The first kappa shape index (κ1) is 10.3. The number of aliphatic hydroxyl groups excluding tert-OH is 1. The second-order valence-electron chi connectivity index (χ2n) is 2.64. The molecule has 6 heteroatoms. The van der Waals surface area contributed by atoms with Crippen LogP contribution in [0.25, 0.3) is 0 Å². The van der Waals surface area contributed by atoms with Crippen molar-refractivity contribution in [1.29, 1.82) is 0 Å². The van der Waals surface area contributed by atoms with Crippen LogP contribution >= 0.6 is 7.60 Å². The lowest BCUT2D eigenvalue weighted by atomic mass is 10.2. The van der Waals surface area contributed by atoms with E-state index in [9.17, 15) is 4.57 Å². The van der Waals surface area contributed by atoms with E-state index in [1.807, 2.05) is 0 Å². The third-order valence-corrected chi connectivity index (χ3v) is 2.49. The smallest absolute Gasteiger partial charge is 0.354 e. The van der Waals surface area contributed by atoms with Gasteiger partial charge in [0.2, 0.25) is 0 Å². The third kappa shape index (κ3) is 3.24. The van der Waals surface area contributed by atoms with E-state index in [4.69, 9.17) is 14.9 Å². The van der Waals surface area contributed by atoms with Crippen LogP contribution in [-0.2, 0) is 11.0 Å². The van der Waals surface area contributed by atoms with Crippen molar-refractivity contribution < 1.29 is 19.5 Å². The fourth-order valence-electron chi connectivity index (χ4n) is 0.849. The quantitative estimate of drug-likeness (QED) is 0.607. The number of hydrogen-bond acceptors (Lipinski definition) is 3. The number of pyridine rings is 1. The second-order valence-corrected chi connectivity index (χ2v) is 4.41. The zero-order chi connectivity index (χ0) is 9.90. The van der Waals surface area contributed by atoms with Gasteiger partial charge >= 0.3 is 7.60 Å². The minimum Gasteiger partial charge on any atom is -0.380 e. The summed E-state index contributed by atoms with van der Waals surface area (Å²) in [6.07, 6.45) is 2.92. The van der Waals surface area contributed by atoms with E-state index in [-0.39, 0.29) is 6.42 Å². The lowest BCUT2D eigenvalue weighted by molar-refractivity contribution is 0.202. The topological polar surface area (TPSA) is 90.7 Å². The van der Waals surface area contributed by atoms with Crippen LogP contribution in [0.4, 0.5) is 0 Å². The largest absolute Gasteiger partial charge is 0.380 e. The van der Waals surface area contributed by atoms with Crippen LogP contribution in [0, 0.1) is 0 Å². The molecule has 72 valence electrons. The number of nitrogens with zero attached hydrogens (tertiary/aromatic N) is 1. The van der Waals surface area contributed by atoms with Crippen molar-refractivity contribution >= 4 is 7.60 Å². The number of hydrogen-bond donors (Lipinski definition) is 3. The normalized spacial score (nSPS) is 14.1. The molecule has 0 fully saturated rings. The average Bonchev–Trinajstić information content (AvgIpc) is 2.04. The highest BCUT2D eigenvalue weighted by atomic mass is 31.2. The summed E-state index contributed by atoms with van der Waals surface area (Å²) in [4.78, 5) is 20.9. The summed E-state index contributed by atoms with van der Waals surface area (Å²) in [6, 6.07) is 3.29. The van der Waals surface area contributed by atoms with Gasteiger partial charge in [-0.3, -0.25) is 9.55 Å². The van der Waals surface area contributed by atoms with Crippen LogP contribution in [0.2, 0.25) is 0 Å². The van der Waals surface area contributed by atoms with E-state index >= 15 is 0 Å². The van der Waals surface area contributed by atoms with E-state index in [2.05, 4.69) is 4.98 Å². The predicted octanol–water partition coefficient (Wildman–Crippen LogP) is 0.120. The lowest BCUT2D eigenvalue weighted by Gasteiger charge is -2.11. The molecule has 0 saturated carbocycles. The second kappa shape index (κ2) is 3.98. The molecule has 0 amide bonds. The Morgan fingerprint density at radius 3 is 2.69 bits per heavy atom. The molecule has 1 aromatic rings. The van der Waals surface area contributed by atoms with E-state index in [1.165, 1.54) is 6.20 Å². The molecule has 1 aromatic heterocycles. The summed E-state index contributed by atoms with van der Waals surface area (Å²) in [6.45, 7) is 0. The molecule has 1 atom stereocenters. The molecule has 0 aliphatic heterocycles. The van der Waals surface area contributed by atoms with Crippen molar-refractivity contribution in [2.24, 2.45) is 0 Å². The fraction of sp³-hybridized carbons (Fsp3) is 0.286. The van der Waals surface area contributed by atoms with E-state index in [0.29, 0.717) is 5.56 Å². The average molecular weight is 203 g/mol. The Kier molecular flexibility index (Phi) is 3.17. The third-order valence-electron chi connectivity index (χ3n) is 1.53. The number of aliphatic hydroxyl groups is 1. The SMILES string of the molecule is O=P(O)(O)C(O)Cc1cccnc1. The van der Waals surface area contributed by atoms with Crippen molar-refractivity contribution in [2.45, 2.75) is 12.3 Å². The lowest BCUT2D eigenvalue weighted by Crippen LogP contribution is -2.10. The predicted molar refractivity (Wildman–Crippen MR) is 46.0 cm³/mol. The molecule has 0 radical (unpaired) electrons. The summed E-state index contributed by atoms with van der Waals surface area (Å²) < 4.78 is 10.6. The summed E-state index contributed by atoms with van der Waals surface area (Å²) in [5, 5.41) is 9.05. The van der Waals surface area contributed by atoms with Gasteiger partial charge in [0.05, 0.1) is 0 Å². The maximum Gasteiger partial charge on any atom is 0.354 e. The number of aromatic nitrogens is 1. The molecule has 0 saturated heterocycles. The Morgan fingerprint density at radius 2 is 2.23 bits per heavy atom. The Hall–Kier alpha value is -0.740. The molecule has 0 aliphatic rings. The highest BCUT2D eigenvalue weighted by Crippen LogP contribution is 2.40. The fourth-order valence-corrected chi connectivity index (χ4v) is 1.30. The monoisotopic (exact) mass is 203 g/mol. The van der Waals surface area contributed by atoms with E-state index < -0.39 is 13.4 Å². The van der Waals surface area contributed by atoms with Crippen molar-refractivity contribution in [1.82, 2.24) is 4.98 Å². The molecule has 0 bridgehead atoms. The van der Waals surface area contributed by atoms with Gasteiger partial charge in [0.25, 0.3) is 0 Å². The van der Waals surface area contributed by atoms with Gasteiger partial charge < -0.3 is 14.9 Å².